The number of carbonyl (C=O) groups excluding carboxylic acids is 1. The van der Waals surface area contributed by atoms with Gasteiger partial charge in [0.05, 0.1) is 11.1 Å². The van der Waals surface area contributed by atoms with E-state index in [0.717, 1.165) is 50.9 Å². The number of nitrogens with one attached hydrogen (secondary N) is 1. The highest BCUT2D eigenvalue weighted by Crippen LogP contribution is 2.63. The van der Waals surface area contributed by atoms with Gasteiger partial charge in [0.15, 0.2) is 0 Å². The van der Waals surface area contributed by atoms with E-state index in [1.807, 2.05) is 17.0 Å². The lowest BCUT2D eigenvalue weighted by atomic mass is 9.80. The molecule has 34 heavy (non-hydrogen) atoms. The first-order valence-corrected chi connectivity index (χ1v) is 12.5. The van der Waals surface area contributed by atoms with E-state index < -0.39 is 5.82 Å². The molecule has 4 N–H and O–H groups in total. The molecular weight excluding hydrogens is 455 g/mol. The molecular formula is C26H32ClFN4O2. The molecule has 3 fully saturated rings. The number of fused-ring (bicyclic) bond motifs is 1. The maximum atomic E-state index is 13.6. The summed E-state index contributed by atoms with van der Waals surface area (Å²) in [6, 6.07) is 12.4. The number of amides is 2. The van der Waals surface area contributed by atoms with Crippen molar-refractivity contribution < 1.29 is 14.3 Å². The molecule has 5 rings (SSSR count). The minimum atomic E-state index is -0.511. The number of hydrogen-bond acceptors (Lipinski definition) is 4. The number of benzene rings is 2. The summed E-state index contributed by atoms with van der Waals surface area (Å²) in [4.78, 5) is 17.5. The molecule has 2 aromatic carbocycles. The number of rotatable bonds is 6. The number of halogens is 2. The van der Waals surface area contributed by atoms with Gasteiger partial charge in [0.1, 0.15) is 5.82 Å². The molecule has 0 spiro atoms. The van der Waals surface area contributed by atoms with Crippen LogP contribution in [0.15, 0.2) is 42.5 Å². The van der Waals surface area contributed by atoms with Crippen LogP contribution >= 0.6 is 11.6 Å². The Morgan fingerprint density at radius 1 is 1.29 bits per heavy atom. The van der Waals surface area contributed by atoms with E-state index >= 15 is 0 Å². The molecule has 0 radical (unpaired) electrons. The van der Waals surface area contributed by atoms with Crippen LogP contribution in [0.3, 0.4) is 0 Å². The molecule has 0 bridgehead atoms. The zero-order valence-corrected chi connectivity index (χ0v) is 20.0. The maximum Gasteiger partial charge on any atom is 0.322 e. The molecule has 0 aromatic heterocycles. The normalized spacial score (nSPS) is 28.4. The van der Waals surface area contributed by atoms with Crippen LogP contribution in [0.4, 0.5) is 20.6 Å². The van der Waals surface area contributed by atoms with Crippen LogP contribution in [0.25, 0.3) is 0 Å². The van der Waals surface area contributed by atoms with Gasteiger partial charge < -0.3 is 21.1 Å². The number of β-amino-alcohol motifs (C(OH)–C–C–N with tert-alkyl or cyclic N) is 1. The molecule has 3 aliphatic rings. The molecule has 1 saturated heterocycles. The fourth-order valence-corrected chi connectivity index (χ4v) is 6.16. The van der Waals surface area contributed by atoms with Gasteiger partial charge in [0.25, 0.3) is 0 Å². The molecule has 0 unspecified atom stereocenters. The first-order chi connectivity index (χ1) is 16.3. The van der Waals surface area contributed by atoms with E-state index in [1.165, 1.54) is 23.8 Å². The molecule has 4 atom stereocenters. The van der Waals surface area contributed by atoms with E-state index in [-0.39, 0.29) is 28.6 Å². The number of anilines is 2. The molecule has 8 heteroatoms. The highest BCUT2D eigenvalue weighted by atomic mass is 35.5. The third-order valence-corrected chi connectivity index (χ3v) is 8.24. The summed E-state index contributed by atoms with van der Waals surface area (Å²) < 4.78 is 13.6. The maximum absolute atomic E-state index is 13.6. The van der Waals surface area contributed by atoms with Gasteiger partial charge in [0.2, 0.25) is 0 Å². The van der Waals surface area contributed by atoms with Crippen molar-refractivity contribution in [3.8, 4) is 0 Å². The van der Waals surface area contributed by atoms with E-state index in [1.54, 1.807) is 0 Å². The van der Waals surface area contributed by atoms with Crippen molar-refractivity contribution >= 4 is 29.0 Å². The molecule has 182 valence electrons. The fourth-order valence-electron chi connectivity index (χ4n) is 5.98. The number of likely N-dealkylation sites (tertiary alicyclic amines) is 1. The van der Waals surface area contributed by atoms with Crippen molar-refractivity contribution in [2.45, 2.75) is 49.7 Å². The molecule has 1 aliphatic heterocycles. The van der Waals surface area contributed by atoms with Gasteiger partial charge in [-0.15, -0.1) is 0 Å². The molecule has 1 heterocycles. The van der Waals surface area contributed by atoms with Gasteiger partial charge in [-0.05, 0) is 79.3 Å². The number of hydrogen-bond donors (Lipinski definition) is 3. The zero-order valence-electron chi connectivity index (χ0n) is 19.2. The fraction of sp³-hybridized carbons (Fsp3) is 0.500. The third kappa shape index (κ3) is 4.74. The molecule has 2 aromatic rings. The third-order valence-electron chi connectivity index (χ3n) is 7.95. The van der Waals surface area contributed by atoms with Crippen LogP contribution in [0.1, 0.15) is 37.7 Å². The Kier molecular flexibility index (Phi) is 6.44. The summed E-state index contributed by atoms with van der Waals surface area (Å²) in [5.41, 5.74) is 8.83. The summed E-state index contributed by atoms with van der Waals surface area (Å²) in [7, 11) is 0. The summed E-state index contributed by atoms with van der Waals surface area (Å²) in [6.45, 7) is 2.79. The number of nitrogen functional groups attached to an aromatic ring is 1. The Labute approximate surface area is 204 Å². The Balaban J connectivity index is 1.29. The van der Waals surface area contributed by atoms with E-state index in [4.69, 9.17) is 17.3 Å². The van der Waals surface area contributed by atoms with Crippen molar-refractivity contribution in [2.24, 2.45) is 5.92 Å². The standard InChI is InChI=1S/C26H32ClFN4O2/c27-23-14-20(4-5-24(23)28)30-25(34)32(11-10-31-9-7-22(33)16-31)21-6-8-26(15-18(26)13-21)17-2-1-3-19(29)12-17/h1-5,12,14,18,21-22,33H,6-11,13,15-16,29H2,(H,30,34)/t18-,21+,22+,26+/m0/s1. The van der Waals surface area contributed by atoms with Crippen molar-refractivity contribution in [1.82, 2.24) is 9.80 Å². The molecule has 2 saturated carbocycles. The Hall–Kier alpha value is -2.35. The summed E-state index contributed by atoms with van der Waals surface area (Å²) >= 11 is 5.92. The van der Waals surface area contributed by atoms with Crippen molar-refractivity contribution in [2.75, 3.05) is 37.2 Å². The van der Waals surface area contributed by atoms with Gasteiger partial charge in [-0.3, -0.25) is 4.90 Å². The highest BCUT2D eigenvalue weighted by molar-refractivity contribution is 6.31. The smallest absolute Gasteiger partial charge is 0.322 e. The number of nitrogens with two attached hydrogens (primary N) is 1. The summed E-state index contributed by atoms with van der Waals surface area (Å²) in [5.74, 6) is 0.0280. The van der Waals surface area contributed by atoms with Gasteiger partial charge in [-0.2, -0.15) is 0 Å². The average molecular weight is 487 g/mol. The van der Waals surface area contributed by atoms with Crippen LogP contribution in [-0.4, -0.2) is 59.3 Å². The van der Waals surface area contributed by atoms with Crippen LogP contribution < -0.4 is 11.1 Å². The van der Waals surface area contributed by atoms with E-state index in [9.17, 15) is 14.3 Å². The first-order valence-electron chi connectivity index (χ1n) is 12.1. The minimum absolute atomic E-state index is 0.0158. The molecule has 6 nitrogen and oxygen atoms in total. The van der Waals surface area contributed by atoms with Crippen molar-refractivity contribution in [3.05, 3.63) is 58.9 Å². The minimum Gasteiger partial charge on any atom is -0.399 e. The Morgan fingerprint density at radius 2 is 2.15 bits per heavy atom. The lowest BCUT2D eigenvalue weighted by Gasteiger charge is -2.37. The number of aliphatic hydroxyl groups excluding tert-OH is 1. The largest absolute Gasteiger partial charge is 0.399 e. The van der Waals surface area contributed by atoms with Gasteiger partial charge in [-0.1, -0.05) is 23.7 Å². The predicted molar refractivity (Wildman–Crippen MR) is 132 cm³/mol. The summed E-state index contributed by atoms with van der Waals surface area (Å²) in [5, 5.41) is 12.8. The second-order valence-electron chi connectivity index (χ2n) is 10.1. The van der Waals surface area contributed by atoms with Crippen LogP contribution in [-0.2, 0) is 5.41 Å². The van der Waals surface area contributed by atoms with Crippen LogP contribution in [0.5, 0.6) is 0 Å². The average Bonchev–Trinajstić information content (AvgIpc) is 3.41. The predicted octanol–water partition coefficient (Wildman–Crippen LogP) is 4.47. The topological polar surface area (TPSA) is 81.8 Å². The SMILES string of the molecule is Nc1cccc([C@]23CC[C@@H](N(CCN4CC[C@@H](O)C4)C(=O)Nc4ccc(F)c(Cl)c4)C[C@H]2C3)c1. The van der Waals surface area contributed by atoms with Crippen molar-refractivity contribution in [3.63, 3.8) is 0 Å². The van der Waals surface area contributed by atoms with E-state index in [2.05, 4.69) is 22.3 Å². The Bertz CT molecular complexity index is 1070. The van der Waals surface area contributed by atoms with Gasteiger partial charge in [-0.25, -0.2) is 9.18 Å². The van der Waals surface area contributed by atoms with Crippen molar-refractivity contribution in [1.29, 1.82) is 0 Å². The first kappa shape index (κ1) is 23.4. The van der Waals surface area contributed by atoms with Crippen LogP contribution in [0, 0.1) is 11.7 Å². The second-order valence-corrected chi connectivity index (χ2v) is 10.5. The lowest BCUT2D eigenvalue weighted by molar-refractivity contribution is 0.142. The van der Waals surface area contributed by atoms with E-state index in [0.29, 0.717) is 24.7 Å². The lowest BCUT2D eigenvalue weighted by Crippen LogP contribution is -2.48. The number of carbonyl (C=O) groups is 1. The molecule has 2 aliphatic carbocycles. The summed E-state index contributed by atoms with van der Waals surface area (Å²) in [6.07, 6.45) is 4.52. The molecule has 2 amide bonds. The van der Waals surface area contributed by atoms with Gasteiger partial charge >= 0.3 is 6.03 Å². The number of aliphatic hydroxyl groups is 1. The zero-order chi connectivity index (χ0) is 23.9. The Morgan fingerprint density at radius 3 is 2.85 bits per heavy atom. The second kappa shape index (κ2) is 9.36. The number of urea groups is 1. The number of nitrogens with zero attached hydrogens (tertiary/aromatic N) is 2. The monoisotopic (exact) mass is 486 g/mol. The van der Waals surface area contributed by atoms with Gasteiger partial charge in [0, 0.05) is 43.6 Å². The quantitative estimate of drug-likeness (QED) is 0.526. The van der Waals surface area contributed by atoms with Crippen LogP contribution in [0.2, 0.25) is 5.02 Å². The highest BCUT2D eigenvalue weighted by Gasteiger charge is 2.58.